The number of aromatic nitrogens is 1. The summed E-state index contributed by atoms with van der Waals surface area (Å²) in [5.41, 5.74) is 0.843. The van der Waals surface area contributed by atoms with Gasteiger partial charge in [0.05, 0.1) is 0 Å². The smallest absolute Gasteiger partial charge is 0.132 e. The maximum Gasteiger partial charge on any atom is 0.132 e. The second-order valence-corrected chi connectivity index (χ2v) is 4.08. The van der Waals surface area contributed by atoms with Gasteiger partial charge in [-0.2, -0.15) is 0 Å². The number of pyridine rings is 1. The molecule has 0 unspecified atom stereocenters. The van der Waals surface area contributed by atoms with Crippen molar-refractivity contribution in [1.82, 2.24) is 4.98 Å². The van der Waals surface area contributed by atoms with Crippen LogP contribution in [-0.4, -0.2) is 24.2 Å². The SMILES string of the molecule is F[C@H]1CCN(c2cc(Cl)nc(Cl)c2)C1. The highest BCUT2D eigenvalue weighted by Gasteiger charge is 2.22. The molecule has 1 atom stereocenters. The van der Waals surface area contributed by atoms with E-state index in [0.29, 0.717) is 29.8 Å². The van der Waals surface area contributed by atoms with E-state index >= 15 is 0 Å². The van der Waals surface area contributed by atoms with Gasteiger partial charge in [0, 0.05) is 18.8 Å². The van der Waals surface area contributed by atoms with Crippen LogP contribution >= 0.6 is 23.2 Å². The first-order valence-electron chi connectivity index (χ1n) is 4.37. The van der Waals surface area contributed by atoms with E-state index in [1.165, 1.54) is 0 Å². The number of halogens is 3. The maximum absolute atomic E-state index is 12.9. The van der Waals surface area contributed by atoms with Crippen molar-refractivity contribution in [3.8, 4) is 0 Å². The lowest BCUT2D eigenvalue weighted by molar-refractivity contribution is 0.364. The molecule has 0 amide bonds. The van der Waals surface area contributed by atoms with E-state index in [2.05, 4.69) is 4.98 Å². The Labute approximate surface area is 91.6 Å². The minimum Gasteiger partial charge on any atom is -0.368 e. The summed E-state index contributed by atoms with van der Waals surface area (Å²) in [5.74, 6) is 0. The molecule has 0 bridgehead atoms. The van der Waals surface area contributed by atoms with Crippen LogP contribution in [0.3, 0.4) is 0 Å². The first-order valence-corrected chi connectivity index (χ1v) is 5.13. The van der Waals surface area contributed by atoms with Crippen LogP contribution in [0.15, 0.2) is 12.1 Å². The molecule has 1 aliphatic rings. The Morgan fingerprint density at radius 1 is 1.36 bits per heavy atom. The van der Waals surface area contributed by atoms with Crippen molar-refractivity contribution in [1.29, 1.82) is 0 Å². The van der Waals surface area contributed by atoms with Crippen molar-refractivity contribution in [2.75, 3.05) is 18.0 Å². The van der Waals surface area contributed by atoms with Crippen LogP contribution < -0.4 is 4.90 Å². The van der Waals surface area contributed by atoms with Crippen molar-refractivity contribution in [2.45, 2.75) is 12.6 Å². The minimum absolute atomic E-state index is 0.342. The molecule has 1 aromatic heterocycles. The molecule has 1 fully saturated rings. The average Bonchev–Trinajstić information content (AvgIpc) is 2.50. The highest BCUT2D eigenvalue weighted by Crippen LogP contribution is 2.26. The molecule has 2 heterocycles. The van der Waals surface area contributed by atoms with E-state index in [1.807, 2.05) is 4.90 Å². The van der Waals surface area contributed by atoms with Crippen molar-refractivity contribution >= 4 is 28.9 Å². The summed E-state index contributed by atoms with van der Waals surface area (Å²) in [6.45, 7) is 1.12. The van der Waals surface area contributed by atoms with Crippen LogP contribution in [0.5, 0.6) is 0 Å². The molecule has 0 aromatic carbocycles. The number of anilines is 1. The van der Waals surface area contributed by atoms with E-state index < -0.39 is 6.17 Å². The summed E-state index contributed by atoms with van der Waals surface area (Å²) in [5, 5.41) is 0.685. The van der Waals surface area contributed by atoms with Crippen LogP contribution in [0.4, 0.5) is 10.1 Å². The monoisotopic (exact) mass is 234 g/mol. The van der Waals surface area contributed by atoms with Gasteiger partial charge in [0.15, 0.2) is 0 Å². The predicted molar refractivity (Wildman–Crippen MR) is 56.0 cm³/mol. The lowest BCUT2D eigenvalue weighted by Crippen LogP contribution is -2.19. The lowest BCUT2D eigenvalue weighted by Gasteiger charge is -2.17. The van der Waals surface area contributed by atoms with Gasteiger partial charge in [-0.25, -0.2) is 9.37 Å². The van der Waals surface area contributed by atoms with Crippen LogP contribution in [0.2, 0.25) is 10.3 Å². The van der Waals surface area contributed by atoms with Gasteiger partial charge in [-0.05, 0) is 18.6 Å². The highest BCUT2D eigenvalue weighted by atomic mass is 35.5. The van der Waals surface area contributed by atoms with Crippen molar-refractivity contribution < 1.29 is 4.39 Å². The van der Waals surface area contributed by atoms with Gasteiger partial charge in [0.1, 0.15) is 16.5 Å². The Balaban J connectivity index is 2.23. The molecule has 1 saturated heterocycles. The molecule has 0 saturated carbocycles. The lowest BCUT2D eigenvalue weighted by atomic mass is 10.3. The molecule has 5 heteroatoms. The van der Waals surface area contributed by atoms with Crippen molar-refractivity contribution in [3.63, 3.8) is 0 Å². The molecule has 1 aliphatic heterocycles. The van der Waals surface area contributed by atoms with E-state index in [0.717, 1.165) is 5.69 Å². The van der Waals surface area contributed by atoms with E-state index in [4.69, 9.17) is 23.2 Å². The average molecular weight is 235 g/mol. The van der Waals surface area contributed by atoms with Gasteiger partial charge in [-0.3, -0.25) is 0 Å². The molecular formula is C9H9Cl2FN2. The van der Waals surface area contributed by atoms with Crippen LogP contribution in [-0.2, 0) is 0 Å². The number of hydrogen-bond donors (Lipinski definition) is 0. The molecule has 0 N–H and O–H groups in total. The zero-order chi connectivity index (χ0) is 10.1. The van der Waals surface area contributed by atoms with Gasteiger partial charge in [-0.1, -0.05) is 23.2 Å². The third kappa shape index (κ3) is 2.10. The normalized spacial score (nSPS) is 21.6. The summed E-state index contributed by atoms with van der Waals surface area (Å²) >= 11 is 11.5. The number of alkyl halides is 1. The zero-order valence-electron chi connectivity index (χ0n) is 7.38. The Morgan fingerprint density at radius 2 is 2.00 bits per heavy atom. The van der Waals surface area contributed by atoms with E-state index in [-0.39, 0.29) is 0 Å². The van der Waals surface area contributed by atoms with Crippen LogP contribution in [0, 0.1) is 0 Å². The third-order valence-corrected chi connectivity index (χ3v) is 2.63. The topological polar surface area (TPSA) is 16.1 Å². The van der Waals surface area contributed by atoms with Crippen LogP contribution in [0.1, 0.15) is 6.42 Å². The Kier molecular flexibility index (Phi) is 2.79. The summed E-state index contributed by atoms with van der Waals surface area (Å²) in [7, 11) is 0. The van der Waals surface area contributed by atoms with E-state index in [9.17, 15) is 4.39 Å². The Morgan fingerprint density at radius 3 is 2.50 bits per heavy atom. The zero-order valence-corrected chi connectivity index (χ0v) is 8.89. The second-order valence-electron chi connectivity index (χ2n) is 3.30. The molecule has 14 heavy (non-hydrogen) atoms. The standard InChI is InChI=1S/C9H9Cl2FN2/c10-8-3-7(4-9(11)13-8)14-2-1-6(12)5-14/h3-4,6H,1-2,5H2/t6-/m0/s1. The Hall–Kier alpha value is -0.540. The van der Waals surface area contributed by atoms with Gasteiger partial charge in [0.25, 0.3) is 0 Å². The molecular weight excluding hydrogens is 226 g/mol. The first-order chi connectivity index (χ1) is 6.65. The molecule has 1 aromatic rings. The molecule has 0 spiro atoms. The minimum atomic E-state index is -0.749. The van der Waals surface area contributed by atoms with Gasteiger partial charge < -0.3 is 4.90 Å². The van der Waals surface area contributed by atoms with Crippen molar-refractivity contribution in [2.24, 2.45) is 0 Å². The molecule has 0 radical (unpaired) electrons. The number of hydrogen-bond acceptors (Lipinski definition) is 2. The molecule has 0 aliphatic carbocycles. The summed E-state index contributed by atoms with van der Waals surface area (Å²) in [4.78, 5) is 5.76. The predicted octanol–water partition coefficient (Wildman–Crippen LogP) is 2.94. The summed E-state index contributed by atoms with van der Waals surface area (Å²) in [6, 6.07) is 3.40. The quantitative estimate of drug-likeness (QED) is 0.695. The largest absolute Gasteiger partial charge is 0.368 e. The highest BCUT2D eigenvalue weighted by molar-refractivity contribution is 6.32. The maximum atomic E-state index is 12.9. The third-order valence-electron chi connectivity index (χ3n) is 2.24. The van der Waals surface area contributed by atoms with Crippen LogP contribution in [0.25, 0.3) is 0 Å². The fraction of sp³-hybridized carbons (Fsp3) is 0.444. The number of nitrogens with zero attached hydrogens (tertiary/aromatic N) is 2. The second kappa shape index (κ2) is 3.91. The summed E-state index contributed by atoms with van der Waals surface area (Å²) < 4.78 is 12.9. The fourth-order valence-electron chi connectivity index (χ4n) is 1.59. The van der Waals surface area contributed by atoms with Gasteiger partial charge in [-0.15, -0.1) is 0 Å². The van der Waals surface area contributed by atoms with E-state index in [1.54, 1.807) is 12.1 Å². The van der Waals surface area contributed by atoms with Crippen molar-refractivity contribution in [3.05, 3.63) is 22.4 Å². The molecule has 76 valence electrons. The summed E-state index contributed by atoms with van der Waals surface area (Å²) in [6.07, 6.45) is -0.182. The fourth-order valence-corrected chi connectivity index (χ4v) is 2.04. The van der Waals surface area contributed by atoms with Gasteiger partial charge >= 0.3 is 0 Å². The van der Waals surface area contributed by atoms with Gasteiger partial charge in [0.2, 0.25) is 0 Å². The number of rotatable bonds is 1. The molecule has 2 nitrogen and oxygen atoms in total. The first kappa shape index (κ1) is 9.99. The Bertz CT molecular complexity index is 325. The molecule has 2 rings (SSSR count).